The minimum Gasteiger partial charge on any atom is -0.368 e. The van der Waals surface area contributed by atoms with Crippen molar-refractivity contribution in [3.63, 3.8) is 0 Å². The fraction of sp³-hybridized carbons (Fsp3) is 0.556. The summed E-state index contributed by atoms with van der Waals surface area (Å²) in [4.78, 5) is 28.2. The van der Waals surface area contributed by atoms with E-state index in [4.69, 9.17) is 0 Å². The molecular weight excluding hydrogens is 276 g/mol. The summed E-state index contributed by atoms with van der Waals surface area (Å²) in [6.07, 6.45) is 2.88. The average Bonchev–Trinajstić information content (AvgIpc) is 3.38. The standard InChI is InChI=1S/C18H24N2O2/c1-14-4-2-3-5-16(14)19-10-12-20(13-11-19)18(22)9-8-17(21)15-6-7-15/h2-5,15H,6-13H2,1H3. The molecule has 0 N–H and O–H groups in total. The van der Waals surface area contributed by atoms with Crippen LogP contribution in [0.1, 0.15) is 31.2 Å². The van der Waals surface area contributed by atoms with E-state index in [-0.39, 0.29) is 17.6 Å². The fourth-order valence-electron chi connectivity index (χ4n) is 3.11. The fourth-order valence-corrected chi connectivity index (χ4v) is 3.11. The zero-order chi connectivity index (χ0) is 15.5. The van der Waals surface area contributed by atoms with Crippen LogP contribution >= 0.6 is 0 Å². The van der Waals surface area contributed by atoms with Crippen LogP contribution in [0, 0.1) is 12.8 Å². The molecule has 1 saturated heterocycles. The molecule has 0 unspecified atom stereocenters. The lowest BCUT2D eigenvalue weighted by Crippen LogP contribution is -2.49. The van der Waals surface area contributed by atoms with Gasteiger partial charge in [-0.15, -0.1) is 0 Å². The minimum absolute atomic E-state index is 0.137. The van der Waals surface area contributed by atoms with Crippen molar-refractivity contribution in [1.82, 2.24) is 4.90 Å². The van der Waals surface area contributed by atoms with Crippen molar-refractivity contribution in [3.8, 4) is 0 Å². The summed E-state index contributed by atoms with van der Waals surface area (Å²) < 4.78 is 0. The topological polar surface area (TPSA) is 40.6 Å². The molecule has 0 spiro atoms. The molecule has 2 fully saturated rings. The van der Waals surface area contributed by atoms with Gasteiger partial charge in [0.15, 0.2) is 0 Å². The second kappa shape index (κ2) is 6.51. The van der Waals surface area contributed by atoms with Gasteiger partial charge < -0.3 is 9.80 Å². The van der Waals surface area contributed by atoms with Crippen molar-refractivity contribution in [1.29, 1.82) is 0 Å². The molecule has 4 heteroatoms. The van der Waals surface area contributed by atoms with Gasteiger partial charge in [0, 0.05) is 50.6 Å². The van der Waals surface area contributed by atoms with Crippen molar-refractivity contribution >= 4 is 17.4 Å². The molecule has 4 nitrogen and oxygen atoms in total. The predicted octanol–water partition coefficient (Wildman–Crippen LogP) is 2.40. The van der Waals surface area contributed by atoms with E-state index in [9.17, 15) is 9.59 Å². The first-order chi connectivity index (χ1) is 10.6. The van der Waals surface area contributed by atoms with Gasteiger partial charge in [0.05, 0.1) is 0 Å². The third-order valence-corrected chi connectivity index (χ3v) is 4.71. The SMILES string of the molecule is Cc1ccccc1N1CCN(C(=O)CCC(=O)C2CC2)CC1. The van der Waals surface area contributed by atoms with Crippen LogP contribution < -0.4 is 4.90 Å². The maximum Gasteiger partial charge on any atom is 0.223 e. The summed E-state index contributed by atoms with van der Waals surface area (Å²) in [5, 5.41) is 0. The Labute approximate surface area is 132 Å². The molecule has 1 heterocycles. The largest absolute Gasteiger partial charge is 0.368 e. The number of carbonyl (C=O) groups is 2. The minimum atomic E-state index is 0.137. The van der Waals surface area contributed by atoms with Gasteiger partial charge in [0.1, 0.15) is 5.78 Å². The van der Waals surface area contributed by atoms with E-state index in [1.54, 1.807) is 0 Å². The quantitative estimate of drug-likeness (QED) is 0.838. The predicted molar refractivity (Wildman–Crippen MR) is 86.9 cm³/mol. The molecule has 2 aliphatic rings. The summed E-state index contributed by atoms with van der Waals surface area (Å²) in [6, 6.07) is 8.37. The number of aryl methyl sites for hydroxylation is 1. The van der Waals surface area contributed by atoms with E-state index in [1.165, 1.54) is 11.3 Å². The normalized spacial score (nSPS) is 18.4. The van der Waals surface area contributed by atoms with E-state index in [1.807, 2.05) is 4.90 Å². The van der Waals surface area contributed by atoms with Crippen LogP contribution in [0.4, 0.5) is 5.69 Å². The summed E-state index contributed by atoms with van der Waals surface area (Å²) in [6.45, 7) is 5.37. The van der Waals surface area contributed by atoms with Crippen LogP contribution in [0.15, 0.2) is 24.3 Å². The summed E-state index contributed by atoms with van der Waals surface area (Å²) >= 11 is 0. The lowest BCUT2D eigenvalue weighted by Gasteiger charge is -2.36. The average molecular weight is 300 g/mol. The molecular formula is C18H24N2O2. The summed E-state index contributed by atoms with van der Waals surface area (Å²) in [5.41, 5.74) is 2.54. The highest BCUT2D eigenvalue weighted by Crippen LogP contribution is 2.31. The van der Waals surface area contributed by atoms with Crippen LogP contribution in [0.5, 0.6) is 0 Å². The van der Waals surface area contributed by atoms with Gasteiger partial charge in [-0.2, -0.15) is 0 Å². The maximum atomic E-state index is 12.2. The van der Waals surface area contributed by atoms with E-state index in [0.29, 0.717) is 12.8 Å². The summed E-state index contributed by atoms with van der Waals surface area (Å²) in [5.74, 6) is 0.691. The van der Waals surface area contributed by atoms with Gasteiger partial charge in [0.2, 0.25) is 5.91 Å². The molecule has 1 aliphatic carbocycles. The molecule has 1 aromatic carbocycles. The second-order valence-corrected chi connectivity index (χ2v) is 6.39. The highest BCUT2D eigenvalue weighted by molar-refractivity contribution is 5.87. The van der Waals surface area contributed by atoms with E-state index < -0.39 is 0 Å². The van der Waals surface area contributed by atoms with Crippen molar-refractivity contribution in [2.75, 3.05) is 31.1 Å². The smallest absolute Gasteiger partial charge is 0.223 e. The number of benzene rings is 1. The lowest BCUT2D eigenvalue weighted by molar-refractivity contribution is -0.133. The summed E-state index contributed by atoms with van der Waals surface area (Å²) in [7, 11) is 0. The number of Topliss-reactive ketones (excluding diaryl/α,β-unsaturated/α-hetero) is 1. The number of amides is 1. The van der Waals surface area contributed by atoms with Gasteiger partial charge in [-0.25, -0.2) is 0 Å². The molecule has 1 aliphatic heterocycles. The number of ketones is 1. The number of hydrogen-bond donors (Lipinski definition) is 0. The lowest BCUT2D eigenvalue weighted by atomic mass is 10.1. The Morgan fingerprint density at radius 3 is 2.36 bits per heavy atom. The van der Waals surface area contributed by atoms with Gasteiger partial charge in [-0.1, -0.05) is 18.2 Å². The zero-order valence-corrected chi connectivity index (χ0v) is 13.3. The Kier molecular flexibility index (Phi) is 4.46. The Hall–Kier alpha value is -1.84. The van der Waals surface area contributed by atoms with E-state index in [0.717, 1.165) is 39.0 Å². The molecule has 22 heavy (non-hydrogen) atoms. The molecule has 118 valence electrons. The van der Waals surface area contributed by atoms with Crippen LogP contribution in [-0.2, 0) is 9.59 Å². The first-order valence-electron chi connectivity index (χ1n) is 8.26. The van der Waals surface area contributed by atoms with Crippen LogP contribution in [-0.4, -0.2) is 42.8 Å². The maximum absolute atomic E-state index is 12.2. The zero-order valence-electron chi connectivity index (χ0n) is 13.3. The van der Waals surface area contributed by atoms with E-state index in [2.05, 4.69) is 36.1 Å². The molecule has 0 bridgehead atoms. The van der Waals surface area contributed by atoms with Crippen molar-refractivity contribution in [2.24, 2.45) is 5.92 Å². The molecule has 3 rings (SSSR count). The number of rotatable bonds is 5. The number of nitrogens with zero attached hydrogens (tertiary/aromatic N) is 2. The third kappa shape index (κ3) is 3.49. The Morgan fingerprint density at radius 1 is 1.05 bits per heavy atom. The van der Waals surface area contributed by atoms with Crippen molar-refractivity contribution in [2.45, 2.75) is 32.6 Å². The molecule has 1 amide bonds. The Bertz CT molecular complexity index is 558. The van der Waals surface area contributed by atoms with Gasteiger partial charge in [-0.3, -0.25) is 9.59 Å². The molecule has 0 atom stereocenters. The van der Waals surface area contributed by atoms with Gasteiger partial charge >= 0.3 is 0 Å². The van der Waals surface area contributed by atoms with Crippen LogP contribution in [0.2, 0.25) is 0 Å². The van der Waals surface area contributed by atoms with Crippen molar-refractivity contribution < 1.29 is 9.59 Å². The highest BCUT2D eigenvalue weighted by atomic mass is 16.2. The van der Waals surface area contributed by atoms with E-state index >= 15 is 0 Å². The Morgan fingerprint density at radius 2 is 1.73 bits per heavy atom. The molecule has 0 radical (unpaired) electrons. The van der Waals surface area contributed by atoms with Crippen LogP contribution in [0.3, 0.4) is 0 Å². The van der Waals surface area contributed by atoms with Crippen molar-refractivity contribution in [3.05, 3.63) is 29.8 Å². The number of piperazine rings is 1. The molecule has 1 aromatic rings. The monoisotopic (exact) mass is 300 g/mol. The number of anilines is 1. The molecule has 0 aromatic heterocycles. The Balaban J connectivity index is 1.47. The first kappa shape index (κ1) is 15.1. The number of para-hydroxylation sites is 1. The van der Waals surface area contributed by atoms with Crippen LogP contribution in [0.25, 0.3) is 0 Å². The second-order valence-electron chi connectivity index (χ2n) is 6.39. The third-order valence-electron chi connectivity index (χ3n) is 4.71. The highest BCUT2D eigenvalue weighted by Gasteiger charge is 2.30. The first-order valence-corrected chi connectivity index (χ1v) is 8.26. The van der Waals surface area contributed by atoms with Gasteiger partial charge in [-0.05, 0) is 31.4 Å². The van der Waals surface area contributed by atoms with Gasteiger partial charge in [0.25, 0.3) is 0 Å². The number of hydrogen-bond acceptors (Lipinski definition) is 3. The number of carbonyl (C=O) groups excluding carboxylic acids is 2. The molecule has 1 saturated carbocycles.